The molecule has 3 aromatic rings. The van der Waals surface area contributed by atoms with Crippen molar-refractivity contribution < 1.29 is 9.13 Å². The van der Waals surface area contributed by atoms with E-state index < -0.39 is 0 Å². The van der Waals surface area contributed by atoms with Gasteiger partial charge in [-0.2, -0.15) is 5.10 Å². The van der Waals surface area contributed by atoms with Crippen molar-refractivity contribution in [1.82, 2.24) is 4.98 Å². The summed E-state index contributed by atoms with van der Waals surface area (Å²) in [6.07, 6.45) is 1.63. The number of rotatable bonds is 5. The normalized spacial score (nSPS) is 11.0. The second-order valence-electron chi connectivity index (χ2n) is 5.07. The first-order valence-corrected chi connectivity index (χ1v) is 8.14. The molecular formula is C18H16FN3OS. The third-order valence-electron chi connectivity index (χ3n) is 3.40. The zero-order valence-electron chi connectivity index (χ0n) is 13.3. The fourth-order valence-corrected chi connectivity index (χ4v) is 2.96. The Kier molecular flexibility index (Phi) is 4.86. The predicted octanol–water partition coefficient (Wildman–Crippen LogP) is 4.71. The lowest BCUT2D eigenvalue weighted by Gasteiger charge is -2.01. The average molecular weight is 341 g/mol. The third kappa shape index (κ3) is 3.78. The summed E-state index contributed by atoms with van der Waals surface area (Å²) in [6.45, 7) is 2.02. The number of ether oxygens (including phenoxy) is 1. The summed E-state index contributed by atoms with van der Waals surface area (Å²) in [7, 11) is 1.64. The molecule has 0 saturated carbocycles. The number of aryl methyl sites for hydroxylation is 1. The number of anilines is 1. The van der Waals surface area contributed by atoms with Gasteiger partial charge in [0.2, 0.25) is 5.13 Å². The van der Waals surface area contributed by atoms with Gasteiger partial charge in [0.25, 0.3) is 0 Å². The molecule has 0 aliphatic rings. The van der Waals surface area contributed by atoms with Gasteiger partial charge in [-0.3, -0.25) is 5.43 Å². The molecule has 122 valence electrons. The van der Waals surface area contributed by atoms with Crippen LogP contribution in [0.2, 0.25) is 0 Å². The van der Waals surface area contributed by atoms with Crippen LogP contribution in [0.25, 0.3) is 11.3 Å². The number of benzene rings is 2. The molecule has 0 radical (unpaired) electrons. The van der Waals surface area contributed by atoms with Gasteiger partial charge in [0.05, 0.1) is 19.0 Å². The van der Waals surface area contributed by atoms with E-state index in [-0.39, 0.29) is 5.82 Å². The average Bonchev–Trinajstić information content (AvgIpc) is 2.97. The van der Waals surface area contributed by atoms with E-state index in [9.17, 15) is 4.39 Å². The van der Waals surface area contributed by atoms with Gasteiger partial charge in [0.15, 0.2) is 0 Å². The molecule has 0 unspecified atom stereocenters. The van der Waals surface area contributed by atoms with E-state index in [1.165, 1.54) is 23.5 Å². The Morgan fingerprint density at radius 1 is 1.12 bits per heavy atom. The minimum Gasteiger partial charge on any atom is -0.497 e. The van der Waals surface area contributed by atoms with Gasteiger partial charge >= 0.3 is 0 Å². The van der Waals surface area contributed by atoms with Crippen LogP contribution < -0.4 is 10.2 Å². The number of aromatic nitrogens is 1. The van der Waals surface area contributed by atoms with Crippen LogP contribution in [0.5, 0.6) is 5.75 Å². The van der Waals surface area contributed by atoms with Crippen LogP contribution in [0.15, 0.2) is 53.6 Å². The summed E-state index contributed by atoms with van der Waals surface area (Å²) >= 11 is 1.53. The number of methoxy groups -OCH3 is 1. The molecule has 0 atom stereocenters. The largest absolute Gasteiger partial charge is 0.497 e. The van der Waals surface area contributed by atoms with Gasteiger partial charge in [-0.05, 0) is 48.9 Å². The lowest BCUT2D eigenvalue weighted by molar-refractivity contribution is 0.415. The Labute approximate surface area is 143 Å². The first kappa shape index (κ1) is 16.1. The molecule has 0 fully saturated rings. The zero-order chi connectivity index (χ0) is 16.9. The van der Waals surface area contributed by atoms with Crippen molar-refractivity contribution in [3.63, 3.8) is 0 Å². The van der Waals surface area contributed by atoms with E-state index in [2.05, 4.69) is 15.5 Å². The third-order valence-corrected chi connectivity index (χ3v) is 4.28. The smallest absolute Gasteiger partial charge is 0.204 e. The van der Waals surface area contributed by atoms with Gasteiger partial charge < -0.3 is 4.74 Å². The Balaban J connectivity index is 1.72. The van der Waals surface area contributed by atoms with Crippen LogP contribution in [0.1, 0.15) is 10.4 Å². The van der Waals surface area contributed by atoms with E-state index in [4.69, 9.17) is 4.74 Å². The standard InChI is InChI=1S/C18H16FN3OS/c1-12-17(14-5-9-16(23-2)10-6-14)21-18(24-12)22-20-11-13-3-7-15(19)8-4-13/h3-11H,1-2H3,(H,21,22)/b20-11-. The van der Waals surface area contributed by atoms with Crippen LogP contribution >= 0.6 is 11.3 Å². The Hall–Kier alpha value is -2.73. The van der Waals surface area contributed by atoms with Crippen molar-refractivity contribution in [1.29, 1.82) is 0 Å². The summed E-state index contributed by atoms with van der Waals surface area (Å²) in [5.41, 5.74) is 5.68. The van der Waals surface area contributed by atoms with Crippen molar-refractivity contribution in [3.8, 4) is 17.0 Å². The van der Waals surface area contributed by atoms with Crippen LogP contribution in [-0.2, 0) is 0 Å². The van der Waals surface area contributed by atoms with E-state index in [0.717, 1.165) is 27.4 Å². The molecule has 0 bridgehead atoms. The maximum atomic E-state index is 12.9. The van der Waals surface area contributed by atoms with E-state index in [1.54, 1.807) is 25.5 Å². The van der Waals surface area contributed by atoms with Crippen molar-refractivity contribution in [2.24, 2.45) is 5.10 Å². The fraction of sp³-hybridized carbons (Fsp3) is 0.111. The summed E-state index contributed by atoms with van der Waals surface area (Å²) in [5, 5.41) is 4.85. The molecule has 1 aromatic heterocycles. The quantitative estimate of drug-likeness (QED) is 0.540. The highest BCUT2D eigenvalue weighted by atomic mass is 32.1. The molecule has 24 heavy (non-hydrogen) atoms. The van der Waals surface area contributed by atoms with Gasteiger partial charge in [-0.1, -0.05) is 12.1 Å². The molecule has 0 saturated heterocycles. The molecule has 0 aliphatic carbocycles. The number of nitrogens with one attached hydrogen (secondary N) is 1. The summed E-state index contributed by atoms with van der Waals surface area (Å²) in [4.78, 5) is 5.67. The van der Waals surface area contributed by atoms with Crippen molar-refractivity contribution in [3.05, 3.63) is 64.8 Å². The van der Waals surface area contributed by atoms with Crippen molar-refractivity contribution in [2.45, 2.75) is 6.92 Å². The number of halogens is 1. The number of thiazole rings is 1. The van der Waals surface area contributed by atoms with Gasteiger partial charge in [0.1, 0.15) is 11.6 Å². The molecule has 1 N–H and O–H groups in total. The molecular weight excluding hydrogens is 325 g/mol. The number of nitrogens with zero attached hydrogens (tertiary/aromatic N) is 2. The molecule has 0 spiro atoms. The monoisotopic (exact) mass is 341 g/mol. The van der Waals surface area contributed by atoms with Gasteiger partial charge in [-0.15, -0.1) is 11.3 Å². The summed E-state index contributed by atoms with van der Waals surface area (Å²) < 4.78 is 18.0. The lowest BCUT2D eigenvalue weighted by Crippen LogP contribution is -1.90. The second kappa shape index (κ2) is 7.23. The number of hydrogen-bond donors (Lipinski definition) is 1. The van der Waals surface area contributed by atoms with Crippen LogP contribution in [0, 0.1) is 12.7 Å². The number of hydrogen-bond acceptors (Lipinski definition) is 5. The maximum absolute atomic E-state index is 12.9. The van der Waals surface area contributed by atoms with Crippen LogP contribution in [0.3, 0.4) is 0 Å². The maximum Gasteiger partial charge on any atom is 0.204 e. The molecule has 3 rings (SSSR count). The topological polar surface area (TPSA) is 46.5 Å². The van der Waals surface area contributed by atoms with Gasteiger partial charge in [-0.25, -0.2) is 9.37 Å². The minimum atomic E-state index is -0.264. The minimum absolute atomic E-state index is 0.264. The summed E-state index contributed by atoms with van der Waals surface area (Å²) in [6, 6.07) is 13.9. The molecule has 6 heteroatoms. The van der Waals surface area contributed by atoms with Crippen molar-refractivity contribution >= 4 is 22.7 Å². The Bertz CT molecular complexity index is 842. The number of hydrazone groups is 1. The molecule has 2 aromatic carbocycles. The van der Waals surface area contributed by atoms with Crippen LogP contribution in [0.4, 0.5) is 9.52 Å². The van der Waals surface area contributed by atoms with Gasteiger partial charge in [0, 0.05) is 10.4 Å². The highest BCUT2D eigenvalue weighted by Gasteiger charge is 2.09. The van der Waals surface area contributed by atoms with Crippen molar-refractivity contribution in [2.75, 3.05) is 12.5 Å². The Morgan fingerprint density at radius 3 is 2.50 bits per heavy atom. The highest BCUT2D eigenvalue weighted by molar-refractivity contribution is 7.15. The SMILES string of the molecule is COc1ccc(-c2nc(N/N=C\c3ccc(F)cc3)sc2C)cc1. The molecule has 0 aliphatic heterocycles. The first-order valence-electron chi connectivity index (χ1n) is 7.32. The first-order chi connectivity index (χ1) is 11.7. The van der Waals surface area contributed by atoms with E-state index >= 15 is 0 Å². The van der Waals surface area contributed by atoms with Crippen LogP contribution in [-0.4, -0.2) is 18.3 Å². The zero-order valence-corrected chi connectivity index (χ0v) is 14.1. The predicted molar refractivity (Wildman–Crippen MR) is 96.5 cm³/mol. The second-order valence-corrected chi connectivity index (χ2v) is 6.28. The molecule has 1 heterocycles. The summed E-state index contributed by atoms with van der Waals surface area (Å²) in [5.74, 6) is 0.550. The lowest BCUT2D eigenvalue weighted by atomic mass is 10.1. The molecule has 4 nitrogen and oxygen atoms in total. The highest BCUT2D eigenvalue weighted by Crippen LogP contribution is 2.31. The Morgan fingerprint density at radius 2 is 1.83 bits per heavy atom. The van der Waals surface area contributed by atoms with E-state index in [1.807, 2.05) is 31.2 Å². The van der Waals surface area contributed by atoms with E-state index in [0.29, 0.717) is 5.13 Å². The molecule has 0 amide bonds. The fourth-order valence-electron chi connectivity index (χ4n) is 2.17.